The lowest BCUT2D eigenvalue weighted by atomic mass is 10.0. The number of carbonyl (C=O) groups excluding carboxylic acids is 2. The van der Waals surface area contributed by atoms with Crippen LogP contribution in [0.2, 0.25) is 0 Å². The molecule has 2 atom stereocenters. The van der Waals surface area contributed by atoms with Crippen molar-refractivity contribution >= 4 is 17.9 Å². The van der Waals surface area contributed by atoms with Crippen molar-refractivity contribution in [2.75, 3.05) is 47.5 Å². The van der Waals surface area contributed by atoms with E-state index in [0.717, 1.165) is 64.2 Å². The molecule has 0 aliphatic heterocycles. The normalized spacial score (nSPS) is 12.9. The monoisotopic (exact) mass is 1270 g/mol. The predicted octanol–water partition coefficient (Wildman–Crippen LogP) is 24.9. The highest BCUT2D eigenvalue weighted by molar-refractivity contribution is 5.71. The fourth-order valence-corrected chi connectivity index (χ4v) is 11.9. The Bertz CT molecular complexity index is 1620. The standard InChI is InChI=1S/C81H151NO8/c1-6-8-10-12-14-16-18-20-22-24-26-28-30-32-34-36-38-40-42-44-46-48-50-52-54-56-58-60-62-64-66-68-70-72-79(84)90-77(76-89-81(80(85)86)87-74-73-82(3,4)5)75-88-78(83)71-69-67-65-63-61-59-57-55-53-51-49-47-45-43-41-39-37-35-33-31-29-27-25-23-21-19-17-15-13-11-9-7-2/h8,10,14,16,20,22,26,28,77,81H,6-7,9,11-13,15,17-19,21,23-25,27,29-76H2,1-5H3/p+1/b10-8-,16-14-,22-20-,28-26-. The van der Waals surface area contributed by atoms with Crippen molar-refractivity contribution in [3.8, 4) is 0 Å². The highest BCUT2D eigenvalue weighted by atomic mass is 16.7. The molecule has 0 aliphatic rings. The number of allylic oxidation sites excluding steroid dienone is 8. The van der Waals surface area contributed by atoms with Crippen LogP contribution in [0.25, 0.3) is 0 Å². The van der Waals surface area contributed by atoms with Gasteiger partial charge in [0.15, 0.2) is 6.10 Å². The van der Waals surface area contributed by atoms with E-state index in [2.05, 4.69) is 62.5 Å². The predicted molar refractivity (Wildman–Crippen MR) is 387 cm³/mol. The maximum atomic E-state index is 13.0. The number of aliphatic carboxylic acids is 1. The van der Waals surface area contributed by atoms with Gasteiger partial charge >= 0.3 is 17.9 Å². The number of unbranched alkanes of at least 4 members (excludes halogenated alkanes) is 51. The minimum Gasteiger partial charge on any atom is -0.477 e. The minimum atomic E-state index is -1.51. The second-order valence-electron chi connectivity index (χ2n) is 28.0. The number of quaternary nitrogens is 1. The fraction of sp³-hybridized carbons (Fsp3) is 0.864. The summed E-state index contributed by atoms with van der Waals surface area (Å²) in [5.74, 6) is -1.97. The lowest BCUT2D eigenvalue weighted by molar-refractivity contribution is -0.870. The average molecular weight is 1270 g/mol. The summed E-state index contributed by atoms with van der Waals surface area (Å²) in [6, 6.07) is 0. The van der Waals surface area contributed by atoms with Gasteiger partial charge in [0.25, 0.3) is 6.29 Å². The van der Waals surface area contributed by atoms with Crippen LogP contribution in [0.4, 0.5) is 0 Å². The van der Waals surface area contributed by atoms with E-state index in [4.69, 9.17) is 18.9 Å². The number of nitrogens with zero attached hydrogens (tertiary/aromatic N) is 1. The fourth-order valence-electron chi connectivity index (χ4n) is 11.9. The van der Waals surface area contributed by atoms with Gasteiger partial charge in [-0.2, -0.15) is 0 Å². The second kappa shape index (κ2) is 72.1. The van der Waals surface area contributed by atoms with Gasteiger partial charge in [-0.05, 0) is 51.4 Å². The van der Waals surface area contributed by atoms with Crippen LogP contribution in [0.1, 0.15) is 393 Å². The molecule has 528 valence electrons. The first-order valence-corrected chi connectivity index (χ1v) is 39.3. The van der Waals surface area contributed by atoms with E-state index in [1.165, 1.54) is 302 Å². The minimum absolute atomic E-state index is 0.176. The molecule has 9 nitrogen and oxygen atoms in total. The maximum absolute atomic E-state index is 13.0. The highest BCUT2D eigenvalue weighted by Gasteiger charge is 2.25. The lowest BCUT2D eigenvalue weighted by Gasteiger charge is -2.25. The average Bonchev–Trinajstić information content (AvgIpc) is 3.72. The van der Waals surface area contributed by atoms with Gasteiger partial charge in [0.2, 0.25) is 0 Å². The Labute approximate surface area is 559 Å². The van der Waals surface area contributed by atoms with E-state index in [-0.39, 0.29) is 38.2 Å². The number of esters is 2. The van der Waals surface area contributed by atoms with Crippen LogP contribution in [0.3, 0.4) is 0 Å². The third-order valence-corrected chi connectivity index (χ3v) is 17.8. The molecular formula is C81H152NO8+. The third kappa shape index (κ3) is 72.7. The SMILES string of the molecule is CC/C=C\C/C=C\C/C=C\C/C=C\CCCCCCCCCCCCCCCCCCCCCCC(=O)OC(COC(=O)CCCCCCCCCCCCCCCCCCCCCCCCCCCCCCCCCC)COC(OCC[N+](C)(C)C)C(=O)O. The molecule has 0 saturated carbocycles. The molecule has 0 fully saturated rings. The van der Waals surface area contributed by atoms with Crippen LogP contribution >= 0.6 is 0 Å². The van der Waals surface area contributed by atoms with Gasteiger partial charge in [0.05, 0.1) is 34.4 Å². The van der Waals surface area contributed by atoms with Gasteiger partial charge in [-0.3, -0.25) is 9.59 Å². The molecule has 0 amide bonds. The Morgan fingerprint density at radius 2 is 0.633 bits per heavy atom. The van der Waals surface area contributed by atoms with Crippen molar-refractivity contribution in [2.45, 2.75) is 405 Å². The third-order valence-electron chi connectivity index (χ3n) is 17.8. The summed E-state index contributed by atoms with van der Waals surface area (Å²) in [5, 5.41) is 9.77. The van der Waals surface area contributed by atoms with E-state index in [1.54, 1.807) is 0 Å². The van der Waals surface area contributed by atoms with Crippen LogP contribution in [0, 0.1) is 0 Å². The van der Waals surface area contributed by atoms with E-state index in [0.29, 0.717) is 17.4 Å². The van der Waals surface area contributed by atoms with Crippen LogP contribution < -0.4 is 0 Å². The number of hydrogen-bond donors (Lipinski definition) is 1. The molecule has 0 aromatic heterocycles. The summed E-state index contributed by atoms with van der Waals surface area (Å²) in [6.07, 6.45) is 91.2. The molecule has 90 heavy (non-hydrogen) atoms. The summed E-state index contributed by atoms with van der Waals surface area (Å²) in [5.41, 5.74) is 0. The largest absolute Gasteiger partial charge is 0.477 e. The first-order chi connectivity index (χ1) is 44.1. The molecule has 0 aromatic carbocycles. The quantitative estimate of drug-likeness (QED) is 0.0211. The molecule has 2 unspecified atom stereocenters. The van der Waals surface area contributed by atoms with Crippen molar-refractivity contribution < 1.29 is 42.9 Å². The Balaban J connectivity index is 3.98. The summed E-state index contributed by atoms with van der Waals surface area (Å²) in [7, 11) is 6.00. The van der Waals surface area contributed by atoms with E-state index in [1.807, 2.05) is 21.1 Å². The van der Waals surface area contributed by atoms with Crippen LogP contribution in [-0.4, -0.2) is 87.4 Å². The zero-order valence-corrected chi connectivity index (χ0v) is 60.6. The Morgan fingerprint density at radius 3 is 0.944 bits per heavy atom. The number of carboxylic acids is 1. The summed E-state index contributed by atoms with van der Waals surface area (Å²) in [4.78, 5) is 37.7. The highest BCUT2D eigenvalue weighted by Crippen LogP contribution is 2.20. The van der Waals surface area contributed by atoms with Gasteiger partial charge < -0.3 is 28.5 Å². The van der Waals surface area contributed by atoms with Gasteiger partial charge in [0, 0.05) is 12.8 Å². The molecular weight excluding hydrogens is 1110 g/mol. The Morgan fingerprint density at radius 1 is 0.344 bits per heavy atom. The van der Waals surface area contributed by atoms with E-state index >= 15 is 0 Å². The van der Waals surface area contributed by atoms with Gasteiger partial charge in [-0.15, -0.1) is 0 Å². The van der Waals surface area contributed by atoms with Crippen molar-refractivity contribution in [3.05, 3.63) is 48.6 Å². The van der Waals surface area contributed by atoms with E-state index in [9.17, 15) is 19.5 Å². The zero-order chi connectivity index (χ0) is 65.4. The zero-order valence-electron chi connectivity index (χ0n) is 60.6. The molecule has 1 N–H and O–H groups in total. The molecule has 0 rings (SSSR count). The van der Waals surface area contributed by atoms with Gasteiger partial charge in [0.1, 0.15) is 13.2 Å². The first-order valence-electron chi connectivity index (χ1n) is 39.3. The summed E-state index contributed by atoms with van der Waals surface area (Å²) >= 11 is 0. The van der Waals surface area contributed by atoms with Gasteiger partial charge in [-0.25, -0.2) is 4.79 Å². The first kappa shape index (κ1) is 87.2. The molecule has 0 heterocycles. The summed E-state index contributed by atoms with van der Waals surface area (Å²) < 4.78 is 23.1. The number of likely N-dealkylation sites (N-methyl/N-ethyl adjacent to an activating group) is 1. The number of hydrogen-bond acceptors (Lipinski definition) is 7. The number of rotatable bonds is 74. The smallest absolute Gasteiger partial charge is 0.361 e. The Kier molecular flexibility index (Phi) is 69.9. The summed E-state index contributed by atoms with van der Waals surface area (Å²) in [6.45, 7) is 4.84. The van der Waals surface area contributed by atoms with Crippen molar-refractivity contribution in [1.82, 2.24) is 0 Å². The molecule has 0 aliphatic carbocycles. The molecule has 0 aromatic rings. The van der Waals surface area contributed by atoms with Crippen molar-refractivity contribution in [2.24, 2.45) is 0 Å². The maximum Gasteiger partial charge on any atom is 0.361 e. The molecule has 9 heteroatoms. The topological polar surface area (TPSA) is 108 Å². The van der Waals surface area contributed by atoms with E-state index < -0.39 is 18.4 Å². The van der Waals surface area contributed by atoms with Crippen LogP contribution in [0.5, 0.6) is 0 Å². The molecule has 0 bridgehead atoms. The number of carbonyl (C=O) groups is 3. The van der Waals surface area contributed by atoms with Crippen LogP contribution in [0.15, 0.2) is 48.6 Å². The molecule has 0 spiro atoms. The number of carboxylic acid groups (broad SMARTS) is 1. The van der Waals surface area contributed by atoms with Gasteiger partial charge in [-0.1, -0.05) is 377 Å². The van der Waals surface area contributed by atoms with Crippen LogP contribution in [-0.2, 0) is 33.3 Å². The second-order valence-corrected chi connectivity index (χ2v) is 28.0. The van der Waals surface area contributed by atoms with Crippen molar-refractivity contribution in [3.63, 3.8) is 0 Å². The van der Waals surface area contributed by atoms with Crippen molar-refractivity contribution in [1.29, 1.82) is 0 Å². The molecule has 0 saturated heterocycles. The lowest BCUT2D eigenvalue weighted by Crippen LogP contribution is -2.40. The Hall–Kier alpha value is -2.75. The molecule has 0 radical (unpaired) electrons. The number of ether oxygens (including phenoxy) is 4.